The molecular formula is C28H39F2N7. The number of halogens is 2. The molecule has 0 aliphatic carbocycles. The van der Waals surface area contributed by atoms with Crippen molar-refractivity contribution in [3.8, 4) is 11.1 Å². The first-order chi connectivity index (χ1) is 17.9. The summed E-state index contributed by atoms with van der Waals surface area (Å²) in [5, 5.41) is 4.40. The van der Waals surface area contributed by atoms with E-state index in [9.17, 15) is 8.78 Å². The molecule has 37 heavy (non-hydrogen) atoms. The minimum Gasteiger partial charge on any atom is -0.383 e. The summed E-state index contributed by atoms with van der Waals surface area (Å²) >= 11 is 0. The Morgan fingerprint density at radius 3 is 2.35 bits per heavy atom. The lowest BCUT2D eigenvalue weighted by Gasteiger charge is -2.26. The van der Waals surface area contributed by atoms with Crippen LogP contribution in [-0.2, 0) is 6.54 Å². The average molecular weight is 512 g/mol. The molecular weight excluding hydrogens is 472 g/mol. The van der Waals surface area contributed by atoms with Crippen LogP contribution in [0.3, 0.4) is 0 Å². The molecule has 9 heteroatoms. The maximum atomic E-state index is 14.7. The number of rotatable bonds is 8. The van der Waals surface area contributed by atoms with Crippen molar-refractivity contribution >= 4 is 11.7 Å². The number of nitrogen functional groups attached to an aromatic ring is 1. The van der Waals surface area contributed by atoms with Crippen LogP contribution in [-0.4, -0.2) is 33.8 Å². The van der Waals surface area contributed by atoms with Crippen molar-refractivity contribution in [3.05, 3.63) is 83.7 Å². The van der Waals surface area contributed by atoms with E-state index in [-0.39, 0.29) is 17.2 Å². The Morgan fingerprint density at radius 2 is 1.78 bits per heavy atom. The van der Waals surface area contributed by atoms with Gasteiger partial charge in [-0.25, -0.2) is 19.6 Å². The molecule has 1 aliphatic rings. The van der Waals surface area contributed by atoms with E-state index < -0.39 is 17.4 Å². The Labute approximate surface area is 219 Å². The van der Waals surface area contributed by atoms with Gasteiger partial charge in [-0.1, -0.05) is 58.0 Å². The zero-order chi connectivity index (χ0) is 27.4. The van der Waals surface area contributed by atoms with Crippen molar-refractivity contribution < 1.29 is 8.78 Å². The fraction of sp³-hybridized carbons (Fsp3) is 0.357. The number of nitrogens with two attached hydrogens (primary N) is 3. The molecule has 2 aromatic rings. The number of benzene rings is 1. The molecule has 1 aromatic carbocycles. The van der Waals surface area contributed by atoms with E-state index in [2.05, 4.69) is 33.7 Å². The standard InChI is InChI=1S/C26H33F2N7.C2H6/c1-3-8-23(28)24(22(27)4-2)35(31)26(33-30)21-15-20(16-32-25(21)29)19-11-9-18(10-12-19)17-34-13-6-5-7-14-34;1-2/h4,8-12,15-16H,2-3,5-7,13-14,17,30-31H2,1H3,(H2,29,32);1-2H3/b23-8+,24-22-,33-26-;. The monoisotopic (exact) mass is 511 g/mol. The molecule has 0 amide bonds. The number of hydrazone groups is 1. The number of hydrogen-bond acceptors (Lipinski definition) is 6. The number of pyridine rings is 1. The van der Waals surface area contributed by atoms with Gasteiger partial charge in [0.15, 0.2) is 11.7 Å². The number of allylic oxidation sites excluding steroid dienone is 4. The molecule has 0 unspecified atom stereocenters. The fourth-order valence-electron chi connectivity index (χ4n) is 4.07. The predicted octanol–water partition coefficient (Wildman–Crippen LogP) is 5.77. The first kappa shape index (κ1) is 29.7. The first-order valence-corrected chi connectivity index (χ1v) is 12.7. The largest absolute Gasteiger partial charge is 0.383 e. The summed E-state index contributed by atoms with van der Waals surface area (Å²) in [5.74, 6) is 9.75. The third kappa shape index (κ3) is 7.71. The lowest BCUT2D eigenvalue weighted by molar-refractivity contribution is 0.221. The summed E-state index contributed by atoms with van der Waals surface area (Å²) in [6.07, 6.45) is 7.78. The van der Waals surface area contributed by atoms with Crippen LogP contribution in [0.1, 0.15) is 57.6 Å². The highest BCUT2D eigenvalue weighted by Gasteiger charge is 2.24. The number of amidine groups is 1. The van der Waals surface area contributed by atoms with Crippen molar-refractivity contribution in [1.82, 2.24) is 14.9 Å². The van der Waals surface area contributed by atoms with Crippen molar-refractivity contribution in [2.24, 2.45) is 16.8 Å². The summed E-state index contributed by atoms with van der Waals surface area (Å²) in [4.78, 5) is 6.70. The topological polar surface area (TPSA) is 110 Å². The van der Waals surface area contributed by atoms with Gasteiger partial charge in [-0.05, 0) is 61.7 Å². The third-order valence-corrected chi connectivity index (χ3v) is 5.91. The molecule has 2 heterocycles. The number of hydrogen-bond donors (Lipinski definition) is 3. The van der Waals surface area contributed by atoms with E-state index in [4.69, 9.17) is 17.4 Å². The van der Waals surface area contributed by atoms with E-state index in [1.54, 1.807) is 19.2 Å². The Kier molecular flexibility index (Phi) is 11.9. The number of piperidine rings is 1. The molecule has 0 bridgehead atoms. The molecule has 0 radical (unpaired) electrons. The third-order valence-electron chi connectivity index (χ3n) is 5.91. The SMILES string of the molecule is C=C/C(F)=C(\C(F)=C/CC)N(N)/C(=N\N)c1cc(-c2ccc(CN3CCCCC3)cc2)cnc1N.CC. The van der Waals surface area contributed by atoms with Crippen molar-refractivity contribution in [2.45, 2.75) is 53.0 Å². The number of nitrogens with zero attached hydrogens (tertiary/aromatic N) is 4. The van der Waals surface area contributed by atoms with Gasteiger partial charge in [0.05, 0.1) is 5.56 Å². The molecule has 1 aromatic heterocycles. The Morgan fingerprint density at radius 1 is 1.14 bits per heavy atom. The van der Waals surface area contributed by atoms with E-state index in [1.807, 2.05) is 26.0 Å². The minimum atomic E-state index is -0.970. The van der Waals surface area contributed by atoms with Crippen LogP contribution >= 0.6 is 0 Å². The summed E-state index contributed by atoms with van der Waals surface area (Å²) in [6, 6.07) is 9.86. The highest BCUT2D eigenvalue weighted by Crippen LogP contribution is 2.27. The van der Waals surface area contributed by atoms with Gasteiger partial charge in [-0.15, -0.1) is 0 Å². The molecule has 1 fully saturated rings. The fourth-order valence-corrected chi connectivity index (χ4v) is 4.07. The van der Waals surface area contributed by atoms with E-state index in [1.165, 1.54) is 30.9 Å². The van der Waals surface area contributed by atoms with Crippen LogP contribution in [0.15, 0.2) is 77.7 Å². The molecule has 1 saturated heterocycles. The van der Waals surface area contributed by atoms with Gasteiger partial charge in [-0.2, -0.15) is 5.10 Å². The molecule has 0 atom stereocenters. The van der Waals surface area contributed by atoms with E-state index in [0.717, 1.165) is 41.8 Å². The zero-order valence-electron chi connectivity index (χ0n) is 22.1. The summed E-state index contributed by atoms with van der Waals surface area (Å²) in [5.41, 5.74) is 8.61. The zero-order valence-corrected chi connectivity index (χ0v) is 22.1. The second-order valence-electron chi connectivity index (χ2n) is 8.37. The molecule has 0 saturated carbocycles. The maximum absolute atomic E-state index is 14.7. The first-order valence-electron chi connectivity index (χ1n) is 12.7. The van der Waals surface area contributed by atoms with Crippen LogP contribution in [0.5, 0.6) is 0 Å². The van der Waals surface area contributed by atoms with Gasteiger partial charge in [-0.3, -0.25) is 9.91 Å². The van der Waals surface area contributed by atoms with Crippen LogP contribution in [0.25, 0.3) is 11.1 Å². The van der Waals surface area contributed by atoms with Crippen molar-refractivity contribution in [3.63, 3.8) is 0 Å². The van der Waals surface area contributed by atoms with Crippen molar-refractivity contribution in [1.29, 1.82) is 0 Å². The van der Waals surface area contributed by atoms with Gasteiger partial charge in [0.25, 0.3) is 0 Å². The average Bonchev–Trinajstić information content (AvgIpc) is 2.92. The van der Waals surface area contributed by atoms with Gasteiger partial charge in [0.1, 0.15) is 17.3 Å². The molecule has 1 aliphatic heterocycles. The summed E-state index contributed by atoms with van der Waals surface area (Å²) in [7, 11) is 0. The molecule has 3 rings (SSSR count). The number of anilines is 1. The Hall–Kier alpha value is -3.56. The van der Waals surface area contributed by atoms with Crippen LogP contribution in [0.4, 0.5) is 14.6 Å². The molecule has 6 N–H and O–H groups in total. The highest BCUT2D eigenvalue weighted by atomic mass is 19.1. The number of hydrazine groups is 1. The molecule has 0 spiro atoms. The second-order valence-corrected chi connectivity index (χ2v) is 8.37. The quantitative estimate of drug-likeness (QED) is 0.136. The highest BCUT2D eigenvalue weighted by molar-refractivity contribution is 6.04. The van der Waals surface area contributed by atoms with Crippen LogP contribution in [0.2, 0.25) is 0 Å². The van der Waals surface area contributed by atoms with Crippen LogP contribution in [0, 0.1) is 0 Å². The van der Waals surface area contributed by atoms with Gasteiger partial charge >= 0.3 is 0 Å². The van der Waals surface area contributed by atoms with Crippen LogP contribution < -0.4 is 17.4 Å². The number of aromatic nitrogens is 1. The predicted molar refractivity (Wildman–Crippen MR) is 149 cm³/mol. The molecule has 7 nitrogen and oxygen atoms in total. The van der Waals surface area contributed by atoms with Gasteiger partial charge < -0.3 is 11.6 Å². The number of likely N-dealkylation sites (tertiary alicyclic amines) is 1. The summed E-state index contributed by atoms with van der Waals surface area (Å²) in [6.45, 7) is 12.2. The van der Waals surface area contributed by atoms with E-state index in [0.29, 0.717) is 6.42 Å². The lowest BCUT2D eigenvalue weighted by atomic mass is 10.0. The normalized spacial score (nSPS) is 15.4. The smallest absolute Gasteiger partial charge is 0.178 e. The minimum absolute atomic E-state index is 0.0633. The summed E-state index contributed by atoms with van der Waals surface area (Å²) < 4.78 is 29.2. The van der Waals surface area contributed by atoms with Crippen molar-refractivity contribution in [2.75, 3.05) is 18.8 Å². The van der Waals surface area contributed by atoms with Gasteiger partial charge in [0.2, 0.25) is 0 Å². The lowest BCUT2D eigenvalue weighted by Crippen LogP contribution is -2.39. The van der Waals surface area contributed by atoms with E-state index >= 15 is 0 Å². The Balaban J connectivity index is 0.00000235. The second kappa shape index (κ2) is 14.9. The van der Waals surface area contributed by atoms with Gasteiger partial charge in [0, 0.05) is 18.3 Å². The molecule has 200 valence electrons. The maximum Gasteiger partial charge on any atom is 0.178 e. The Bertz CT molecular complexity index is 1120.